The largest absolute Gasteiger partial charge is 0.481 e. The molecule has 0 aromatic carbocycles. The Morgan fingerprint density at radius 2 is 2.29 bits per heavy atom. The molecule has 94 valence electrons. The van der Waals surface area contributed by atoms with Crippen molar-refractivity contribution in [3.8, 4) is 0 Å². The van der Waals surface area contributed by atoms with Gasteiger partial charge < -0.3 is 20.7 Å². The number of carbonyl (C=O) groups excluding carboxylic acids is 1. The van der Waals surface area contributed by atoms with Crippen molar-refractivity contribution in [2.24, 2.45) is 5.73 Å². The molecule has 1 unspecified atom stereocenters. The lowest BCUT2D eigenvalue weighted by Gasteiger charge is -2.11. The summed E-state index contributed by atoms with van der Waals surface area (Å²) in [5.41, 5.74) is 5.53. The molecule has 1 heterocycles. The van der Waals surface area contributed by atoms with E-state index >= 15 is 0 Å². The molecule has 1 rings (SSSR count). The average Bonchev–Trinajstić information content (AvgIpc) is 2.78. The summed E-state index contributed by atoms with van der Waals surface area (Å²) in [7, 11) is 0. The minimum atomic E-state index is -0.952. The van der Waals surface area contributed by atoms with Crippen LogP contribution in [-0.2, 0) is 16.1 Å². The van der Waals surface area contributed by atoms with Gasteiger partial charge in [-0.25, -0.2) is 4.98 Å². The number of amides is 1. The number of carboxylic acid groups (broad SMARTS) is 1. The summed E-state index contributed by atoms with van der Waals surface area (Å²) in [5.74, 6) is -1.28. The number of hydrogen-bond acceptors (Lipinski definition) is 4. The monoisotopic (exact) mass is 240 g/mol. The number of aliphatic carboxylic acids is 1. The lowest BCUT2D eigenvalue weighted by molar-refractivity contribution is -0.137. The molecule has 7 heteroatoms. The Bertz CT molecular complexity index is 364. The highest BCUT2D eigenvalue weighted by atomic mass is 16.4. The number of rotatable bonds is 7. The van der Waals surface area contributed by atoms with E-state index in [1.807, 2.05) is 4.57 Å². The lowest BCUT2D eigenvalue weighted by atomic mass is 10.1. The number of nitrogens with two attached hydrogens (primary N) is 1. The Kier molecular flexibility index (Phi) is 5.15. The highest BCUT2D eigenvalue weighted by Gasteiger charge is 2.13. The third kappa shape index (κ3) is 5.12. The molecule has 1 aromatic rings. The SMILES string of the molecule is NC(CCC(=O)O)C(=O)NCCn1ccnc1. The third-order valence-electron chi connectivity index (χ3n) is 2.23. The Morgan fingerprint density at radius 3 is 2.88 bits per heavy atom. The summed E-state index contributed by atoms with van der Waals surface area (Å²) in [4.78, 5) is 25.6. The van der Waals surface area contributed by atoms with E-state index in [1.54, 1.807) is 18.7 Å². The standard InChI is InChI=1S/C10H16N4O3/c11-8(1-2-9(15)16)10(17)13-4-6-14-5-3-12-7-14/h3,5,7-8H,1-2,4,6,11H2,(H,13,17)(H,15,16). The fraction of sp³-hybridized carbons (Fsp3) is 0.500. The van der Waals surface area contributed by atoms with E-state index in [-0.39, 0.29) is 18.7 Å². The van der Waals surface area contributed by atoms with Gasteiger partial charge in [-0.2, -0.15) is 0 Å². The van der Waals surface area contributed by atoms with Gasteiger partial charge in [-0.3, -0.25) is 9.59 Å². The first-order valence-corrected chi connectivity index (χ1v) is 5.30. The van der Waals surface area contributed by atoms with Crippen molar-refractivity contribution in [3.63, 3.8) is 0 Å². The number of carbonyl (C=O) groups is 2. The molecular formula is C10H16N4O3. The van der Waals surface area contributed by atoms with Gasteiger partial charge in [0, 0.05) is 31.9 Å². The number of nitrogens with one attached hydrogen (secondary N) is 1. The summed E-state index contributed by atoms with van der Waals surface area (Å²) in [6.07, 6.45) is 5.13. The van der Waals surface area contributed by atoms with Crippen molar-refractivity contribution >= 4 is 11.9 Å². The molecule has 0 radical (unpaired) electrons. The van der Waals surface area contributed by atoms with E-state index in [9.17, 15) is 9.59 Å². The van der Waals surface area contributed by atoms with Crippen molar-refractivity contribution < 1.29 is 14.7 Å². The van der Waals surface area contributed by atoms with Gasteiger partial charge in [0.1, 0.15) is 0 Å². The van der Waals surface area contributed by atoms with E-state index in [4.69, 9.17) is 10.8 Å². The molecule has 1 amide bonds. The van der Waals surface area contributed by atoms with Crippen molar-refractivity contribution in [2.75, 3.05) is 6.54 Å². The number of aromatic nitrogens is 2. The summed E-state index contributed by atoms with van der Waals surface area (Å²) in [6.45, 7) is 1.05. The minimum Gasteiger partial charge on any atom is -0.481 e. The van der Waals surface area contributed by atoms with Gasteiger partial charge in [0.05, 0.1) is 12.4 Å². The van der Waals surface area contributed by atoms with Crippen LogP contribution in [0.1, 0.15) is 12.8 Å². The first-order valence-electron chi connectivity index (χ1n) is 5.30. The smallest absolute Gasteiger partial charge is 0.303 e. The highest BCUT2D eigenvalue weighted by Crippen LogP contribution is 1.94. The zero-order chi connectivity index (χ0) is 12.7. The molecule has 17 heavy (non-hydrogen) atoms. The second-order valence-electron chi connectivity index (χ2n) is 3.63. The second kappa shape index (κ2) is 6.64. The molecular weight excluding hydrogens is 224 g/mol. The van der Waals surface area contributed by atoms with Crippen LogP contribution >= 0.6 is 0 Å². The van der Waals surface area contributed by atoms with Crippen LogP contribution in [0.3, 0.4) is 0 Å². The Morgan fingerprint density at radius 1 is 1.53 bits per heavy atom. The normalized spacial score (nSPS) is 12.1. The van der Waals surface area contributed by atoms with E-state index in [1.165, 1.54) is 0 Å². The number of nitrogens with zero attached hydrogens (tertiary/aromatic N) is 2. The van der Waals surface area contributed by atoms with Gasteiger partial charge in [0.2, 0.25) is 5.91 Å². The quantitative estimate of drug-likeness (QED) is 0.577. The molecule has 0 spiro atoms. The summed E-state index contributed by atoms with van der Waals surface area (Å²) < 4.78 is 1.82. The maximum Gasteiger partial charge on any atom is 0.303 e. The van der Waals surface area contributed by atoms with Crippen molar-refractivity contribution in [3.05, 3.63) is 18.7 Å². The Balaban J connectivity index is 2.17. The molecule has 7 nitrogen and oxygen atoms in total. The van der Waals surface area contributed by atoms with Crippen LogP contribution in [0, 0.1) is 0 Å². The number of imidazole rings is 1. The van der Waals surface area contributed by atoms with E-state index in [0.29, 0.717) is 13.1 Å². The van der Waals surface area contributed by atoms with Crippen molar-refractivity contribution in [1.82, 2.24) is 14.9 Å². The summed E-state index contributed by atoms with van der Waals surface area (Å²) in [6, 6.07) is -0.770. The number of carboxylic acids is 1. The first-order chi connectivity index (χ1) is 8.09. The Hall–Kier alpha value is -1.89. The molecule has 0 saturated heterocycles. The zero-order valence-electron chi connectivity index (χ0n) is 9.37. The average molecular weight is 240 g/mol. The van der Waals surface area contributed by atoms with Crippen LogP contribution in [0.5, 0.6) is 0 Å². The van der Waals surface area contributed by atoms with Gasteiger partial charge in [-0.05, 0) is 6.42 Å². The van der Waals surface area contributed by atoms with Crippen LogP contribution in [-0.4, -0.2) is 39.1 Å². The van der Waals surface area contributed by atoms with Gasteiger partial charge in [0.25, 0.3) is 0 Å². The third-order valence-corrected chi connectivity index (χ3v) is 2.23. The molecule has 1 aromatic heterocycles. The summed E-state index contributed by atoms with van der Waals surface area (Å²) >= 11 is 0. The second-order valence-corrected chi connectivity index (χ2v) is 3.63. The van der Waals surface area contributed by atoms with Crippen LogP contribution in [0.2, 0.25) is 0 Å². The topological polar surface area (TPSA) is 110 Å². The minimum absolute atomic E-state index is 0.101. The Labute approximate surface area is 98.6 Å². The van der Waals surface area contributed by atoms with E-state index in [0.717, 1.165) is 0 Å². The molecule has 0 bridgehead atoms. The van der Waals surface area contributed by atoms with Crippen LogP contribution in [0.15, 0.2) is 18.7 Å². The van der Waals surface area contributed by atoms with E-state index in [2.05, 4.69) is 10.3 Å². The van der Waals surface area contributed by atoms with Gasteiger partial charge in [-0.15, -0.1) is 0 Å². The molecule has 1 atom stereocenters. The lowest BCUT2D eigenvalue weighted by Crippen LogP contribution is -2.41. The van der Waals surface area contributed by atoms with Gasteiger partial charge in [0.15, 0.2) is 0 Å². The fourth-order valence-electron chi connectivity index (χ4n) is 1.27. The molecule has 0 aliphatic heterocycles. The number of hydrogen-bond donors (Lipinski definition) is 3. The molecule has 4 N–H and O–H groups in total. The van der Waals surface area contributed by atoms with Crippen LogP contribution in [0.25, 0.3) is 0 Å². The molecule has 0 aliphatic carbocycles. The summed E-state index contributed by atoms with van der Waals surface area (Å²) in [5, 5.41) is 11.1. The van der Waals surface area contributed by atoms with Crippen LogP contribution < -0.4 is 11.1 Å². The van der Waals surface area contributed by atoms with Crippen molar-refractivity contribution in [1.29, 1.82) is 0 Å². The predicted molar refractivity (Wildman–Crippen MR) is 60.1 cm³/mol. The molecule has 0 saturated carbocycles. The zero-order valence-corrected chi connectivity index (χ0v) is 9.37. The molecule has 0 aliphatic rings. The van der Waals surface area contributed by atoms with Crippen LogP contribution in [0.4, 0.5) is 0 Å². The predicted octanol–water partition coefficient (Wildman–Crippen LogP) is -0.809. The first kappa shape index (κ1) is 13.2. The fourth-order valence-corrected chi connectivity index (χ4v) is 1.27. The molecule has 0 fully saturated rings. The van der Waals surface area contributed by atoms with Gasteiger partial charge in [-0.1, -0.05) is 0 Å². The van der Waals surface area contributed by atoms with E-state index < -0.39 is 12.0 Å². The highest BCUT2D eigenvalue weighted by molar-refractivity contribution is 5.82. The maximum atomic E-state index is 11.4. The van der Waals surface area contributed by atoms with Crippen molar-refractivity contribution in [2.45, 2.75) is 25.4 Å². The van der Waals surface area contributed by atoms with Gasteiger partial charge >= 0.3 is 5.97 Å². The maximum absolute atomic E-state index is 11.4.